The first kappa shape index (κ1) is 23.6. The number of fused-ring (bicyclic) bond motifs is 1. The molecule has 0 unspecified atom stereocenters. The van der Waals surface area contributed by atoms with Crippen LogP contribution in [0.2, 0.25) is 0 Å². The summed E-state index contributed by atoms with van der Waals surface area (Å²) in [6.45, 7) is 7.93. The lowest BCUT2D eigenvalue weighted by molar-refractivity contribution is 0.0816. The van der Waals surface area contributed by atoms with Crippen LogP contribution in [0.1, 0.15) is 50.0 Å². The summed E-state index contributed by atoms with van der Waals surface area (Å²) >= 11 is 0. The van der Waals surface area contributed by atoms with Gasteiger partial charge in [0.1, 0.15) is 11.6 Å². The molecular weight excluding hydrogens is 468 g/mol. The fraction of sp³-hybridized carbons (Fsp3) is 0.444. The number of anilines is 4. The van der Waals surface area contributed by atoms with Crippen LogP contribution in [0.3, 0.4) is 0 Å². The number of rotatable bonds is 7. The van der Waals surface area contributed by atoms with Crippen LogP contribution in [-0.4, -0.2) is 64.5 Å². The fourth-order valence-electron chi connectivity index (χ4n) is 5.28. The molecule has 0 saturated carbocycles. The highest BCUT2D eigenvalue weighted by Gasteiger charge is 2.33. The third kappa shape index (κ3) is 4.69. The monoisotopic (exact) mass is 500 g/mol. The summed E-state index contributed by atoms with van der Waals surface area (Å²) in [5.74, 6) is 3.59. The molecule has 3 aromatic heterocycles. The highest BCUT2D eigenvalue weighted by Crippen LogP contribution is 2.38. The molecule has 0 spiro atoms. The second-order valence-electron chi connectivity index (χ2n) is 10.1. The van der Waals surface area contributed by atoms with Gasteiger partial charge in [0, 0.05) is 56.8 Å². The zero-order valence-corrected chi connectivity index (χ0v) is 21.5. The van der Waals surface area contributed by atoms with Crippen molar-refractivity contribution < 1.29 is 9.15 Å². The summed E-state index contributed by atoms with van der Waals surface area (Å²) in [6.07, 6.45) is 7.45. The van der Waals surface area contributed by atoms with Gasteiger partial charge >= 0.3 is 0 Å². The minimum absolute atomic E-state index is 0.267. The Hall–Kier alpha value is -3.79. The average molecular weight is 501 g/mol. The van der Waals surface area contributed by atoms with E-state index in [0.717, 1.165) is 62.0 Å². The summed E-state index contributed by atoms with van der Waals surface area (Å²) in [7, 11) is 1.78. The van der Waals surface area contributed by atoms with Crippen molar-refractivity contribution in [3.63, 3.8) is 0 Å². The summed E-state index contributed by atoms with van der Waals surface area (Å²) in [5, 5.41) is 13.6. The van der Waals surface area contributed by atoms with Crippen LogP contribution in [0.4, 0.5) is 23.3 Å². The Labute approximate surface area is 216 Å². The van der Waals surface area contributed by atoms with Gasteiger partial charge in [-0.05, 0) is 47.9 Å². The lowest BCUT2D eigenvalue weighted by Crippen LogP contribution is -2.45. The van der Waals surface area contributed by atoms with Crippen molar-refractivity contribution in [3.8, 4) is 0 Å². The van der Waals surface area contributed by atoms with E-state index in [9.17, 15) is 0 Å². The number of hydrogen-bond acceptors (Lipinski definition) is 10. The maximum absolute atomic E-state index is 5.49. The molecule has 0 radical (unpaired) electrons. The molecule has 6 rings (SSSR count). The molecule has 2 fully saturated rings. The zero-order valence-electron chi connectivity index (χ0n) is 21.5. The van der Waals surface area contributed by atoms with Crippen LogP contribution >= 0.6 is 0 Å². The predicted molar refractivity (Wildman–Crippen MR) is 143 cm³/mol. The molecule has 0 amide bonds. The number of aromatic nitrogens is 5. The van der Waals surface area contributed by atoms with Crippen LogP contribution in [0, 0.1) is 0 Å². The van der Waals surface area contributed by atoms with Crippen LogP contribution in [0.25, 0.3) is 10.8 Å². The van der Waals surface area contributed by atoms with E-state index in [1.165, 1.54) is 23.0 Å². The minimum atomic E-state index is 0.267. The molecule has 5 heterocycles. The van der Waals surface area contributed by atoms with Gasteiger partial charge in [0.2, 0.25) is 18.2 Å². The Kier molecular flexibility index (Phi) is 6.33. The second kappa shape index (κ2) is 9.93. The molecule has 10 heteroatoms. The molecular formula is C27H32N8O2. The number of benzene rings is 1. The van der Waals surface area contributed by atoms with Crippen molar-refractivity contribution in [1.29, 1.82) is 0 Å². The molecule has 0 atom stereocenters. The first-order chi connectivity index (χ1) is 18.1. The van der Waals surface area contributed by atoms with E-state index in [2.05, 4.69) is 62.3 Å². The number of piperidine rings is 1. The SMILES string of the molecule is COC1CCN(c2nccc(Nc3cc4c(C(C)C)ccc(N5CC(c6nnco6)C5)c4cn3)n2)CC1. The van der Waals surface area contributed by atoms with Gasteiger partial charge in [0.15, 0.2) is 0 Å². The first-order valence-electron chi connectivity index (χ1n) is 12.9. The van der Waals surface area contributed by atoms with Crippen LogP contribution in [0.15, 0.2) is 47.5 Å². The van der Waals surface area contributed by atoms with Gasteiger partial charge in [0.25, 0.3) is 0 Å². The Morgan fingerprint density at radius 3 is 2.59 bits per heavy atom. The molecule has 37 heavy (non-hydrogen) atoms. The standard InChI is InChI=1S/C27H32N8O2/c1-17(2)20-4-5-23(35-14-18(15-35)26-33-30-16-37-26)22-13-29-25(12-21(20)22)31-24-6-9-28-27(32-24)34-10-7-19(36-3)8-11-34/h4-6,9,12-13,16-19H,7-8,10-11,14-15H2,1-3H3,(H,28,29,31,32). The molecule has 1 N–H and O–H groups in total. The van der Waals surface area contributed by atoms with Crippen molar-refractivity contribution in [3.05, 3.63) is 54.5 Å². The van der Waals surface area contributed by atoms with Crippen molar-refractivity contribution in [2.75, 3.05) is 48.4 Å². The summed E-state index contributed by atoms with van der Waals surface area (Å²) in [6, 6.07) is 8.46. The maximum Gasteiger partial charge on any atom is 0.227 e. The molecule has 2 aliphatic rings. The normalized spacial score (nSPS) is 17.0. The zero-order chi connectivity index (χ0) is 25.4. The number of nitrogens with zero attached hydrogens (tertiary/aromatic N) is 7. The number of hydrogen-bond donors (Lipinski definition) is 1. The van der Waals surface area contributed by atoms with E-state index in [1.807, 2.05) is 12.3 Å². The van der Waals surface area contributed by atoms with Gasteiger partial charge in [-0.25, -0.2) is 9.97 Å². The van der Waals surface area contributed by atoms with Gasteiger partial charge in [0.05, 0.1) is 12.0 Å². The quantitative estimate of drug-likeness (QED) is 0.390. The molecule has 0 aliphatic carbocycles. The highest BCUT2D eigenvalue weighted by molar-refractivity contribution is 5.98. The van der Waals surface area contributed by atoms with Gasteiger partial charge < -0.3 is 24.3 Å². The van der Waals surface area contributed by atoms with Crippen molar-refractivity contribution in [1.82, 2.24) is 25.1 Å². The van der Waals surface area contributed by atoms with Gasteiger partial charge in [-0.3, -0.25) is 0 Å². The average Bonchev–Trinajstić information content (AvgIpc) is 3.42. The van der Waals surface area contributed by atoms with Crippen molar-refractivity contribution >= 4 is 34.0 Å². The molecule has 1 aromatic carbocycles. The summed E-state index contributed by atoms with van der Waals surface area (Å²) in [5.41, 5.74) is 2.47. The number of nitrogens with one attached hydrogen (secondary N) is 1. The topological polar surface area (TPSA) is 105 Å². The number of methoxy groups -OCH3 is 1. The lowest BCUT2D eigenvalue weighted by Gasteiger charge is -2.40. The lowest BCUT2D eigenvalue weighted by atomic mass is 9.93. The maximum atomic E-state index is 5.49. The van der Waals surface area contributed by atoms with Crippen molar-refractivity contribution in [2.24, 2.45) is 0 Å². The van der Waals surface area contributed by atoms with Gasteiger partial charge in [-0.15, -0.1) is 10.2 Å². The number of ether oxygens (including phenoxy) is 1. The molecule has 4 aromatic rings. The van der Waals surface area contributed by atoms with Gasteiger partial charge in [-0.2, -0.15) is 4.98 Å². The first-order valence-corrected chi connectivity index (χ1v) is 12.9. The fourth-order valence-corrected chi connectivity index (χ4v) is 5.28. The Balaban J connectivity index is 1.24. The smallest absolute Gasteiger partial charge is 0.227 e. The van der Waals surface area contributed by atoms with Crippen molar-refractivity contribution in [2.45, 2.75) is 44.6 Å². The van der Waals surface area contributed by atoms with E-state index in [4.69, 9.17) is 19.1 Å². The third-order valence-corrected chi connectivity index (χ3v) is 7.44. The molecule has 2 aliphatic heterocycles. The largest absolute Gasteiger partial charge is 0.428 e. The van der Waals surface area contributed by atoms with E-state index in [1.54, 1.807) is 13.3 Å². The van der Waals surface area contributed by atoms with E-state index in [-0.39, 0.29) is 5.92 Å². The van der Waals surface area contributed by atoms with Gasteiger partial charge in [-0.1, -0.05) is 19.9 Å². The van der Waals surface area contributed by atoms with E-state index < -0.39 is 0 Å². The Morgan fingerprint density at radius 1 is 1.03 bits per heavy atom. The van der Waals surface area contributed by atoms with Crippen LogP contribution in [-0.2, 0) is 4.74 Å². The van der Waals surface area contributed by atoms with Crippen LogP contribution in [0.5, 0.6) is 0 Å². The summed E-state index contributed by atoms with van der Waals surface area (Å²) in [4.78, 5) is 18.6. The van der Waals surface area contributed by atoms with Crippen LogP contribution < -0.4 is 15.1 Å². The molecule has 2 saturated heterocycles. The summed E-state index contributed by atoms with van der Waals surface area (Å²) < 4.78 is 10.9. The molecule has 192 valence electrons. The molecule has 0 bridgehead atoms. The number of pyridine rings is 1. The van der Waals surface area contributed by atoms with E-state index in [0.29, 0.717) is 17.9 Å². The highest BCUT2D eigenvalue weighted by atomic mass is 16.5. The Morgan fingerprint density at radius 2 is 1.86 bits per heavy atom. The third-order valence-electron chi connectivity index (χ3n) is 7.44. The second-order valence-corrected chi connectivity index (χ2v) is 10.1. The van der Waals surface area contributed by atoms with E-state index >= 15 is 0 Å². The molecule has 10 nitrogen and oxygen atoms in total. The Bertz CT molecular complexity index is 1360. The minimum Gasteiger partial charge on any atom is -0.428 e. The predicted octanol–water partition coefficient (Wildman–Crippen LogP) is 4.49.